The highest BCUT2D eigenvalue weighted by Crippen LogP contribution is 2.40. The zero-order valence-electron chi connectivity index (χ0n) is 17.6. The second-order valence-corrected chi connectivity index (χ2v) is 8.06. The first-order valence-corrected chi connectivity index (χ1v) is 9.97. The van der Waals surface area contributed by atoms with Crippen LogP contribution in [0.1, 0.15) is 73.6 Å². The van der Waals surface area contributed by atoms with Crippen LogP contribution in [0, 0.1) is 5.41 Å². The molecule has 0 bridgehead atoms. The zero-order valence-corrected chi connectivity index (χ0v) is 17.6. The molecule has 2 heteroatoms. The van der Waals surface area contributed by atoms with Crippen LogP contribution >= 0.6 is 0 Å². The van der Waals surface area contributed by atoms with Crippen LogP contribution in [0.2, 0.25) is 0 Å². The maximum absolute atomic E-state index is 9.79. The zero-order chi connectivity index (χ0) is 19.6. The van der Waals surface area contributed by atoms with E-state index in [-0.39, 0.29) is 5.41 Å². The van der Waals surface area contributed by atoms with Gasteiger partial charge in [-0.25, -0.2) is 0 Å². The molecule has 1 aliphatic rings. The molecule has 146 valence electrons. The van der Waals surface area contributed by atoms with Crippen molar-refractivity contribution in [2.24, 2.45) is 5.41 Å². The summed E-state index contributed by atoms with van der Waals surface area (Å²) < 4.78 is 5.33. The Morgan fingerprint density at radius 2 is 1.96 bits per heavy atom. The van der Waals surface area contributed by atoms with Crippen molar-refractivity contribution in [3.63, 3.8) is 0 Å². The standard InChI is InChI=1S/C24H38O2/c1-7-8-17-26-23(25)18-20(3)12-9-11-19(2)14-15-22-21(4)13-10-16-24(22,5)6/h9,11-12,14-15,18,23,25H,7-8,10,13,16-17H2,1-6H3/b12-9+,15-14-,19-11-,20-18-. The number of hydrogen-bond acceptors (Lipinski definition) is 2. The highest BCUT2D eigenvalue weighted by molar-refractivity contribution is 5.37. The Morgan fingerprint density at radius 1 is 1.23 bits per heavy atom. The SMILES string of the molecule is CCCCOC(O)\C=C(C)/C=C/C=C(C)\C=C/C1=C(C)CCCC1(C)C. The van der Waals surface area contributed by atoms with Crippen molar-refractivity contribution in [1.82, 2.24) is 0 Å². The third-order valence-corrected chi connectivity index (χ3v) is 4.97. The fraction of sp³-hybridized carbons (Fsp3) is 0.583. The van der Waals surface area contributed by atoms with Crippen LogP contribution in [0.15, 0.2) is 58.7 Å². The maximum atomic E-state index is 9.79. The van der Waals surface area contributed by atoms with Gasteiger partial charge in [-0.2, -0.15) is 0 Å². The van der Waals surface area contributed by atoms with Gasteiger partial charge in [0.15, 0.2) is 6.29 Å². The van der Waals surface area contributed by atoms with Crippen molar-refractivity contribution in [3.8, 4) is 0 Å². The lowest BCUT2D eigenvalue weighted by Gasteiger charge is -2.32. The molecule has 1 N–H and O–H groups in total. The van der Waals surface area contributed by atoms with Crippen LogP contribution in [-0.2, 0) is 4.74 Å². The molecule has 1 aliphatic carbocycles. The molecule has 0 heterocycles. The summed E-state index contributed by atoms with van der Waals surface area (Å²) >= 11 is 0. The highest BCUT2D eigenvalue weighted by Gasteiger charge is 2.26. The van der Waals surface area contributed by atoms with Gasteiger partial charge in [0.1, 0.15) is 0 Å². The molecule has 1 unspecified atom stereocenters. The van der Waals surface area contributed by atoms with E-state index in [9.17, 15) is 5.11 Å². The van der Waals surface area contributed by atoms with Gasteiger partial charge >= 0.3 is 0 Å². The Hall–Kier alpha value is -1.38. The molecule has 0 amide bonds. The van der Waals surface area contributed by atoms with Gasteiger partial charge in [0, 0.05) is 0 Å². The Kier molecular flexibility index (Phi) is 9.90. The van der Waals surface area contributed by atoms with Crippen LogP contribution in [0.4, 0.5) is 0 Å². The van der Waals surface area contributed by atoms with E-state index in [1.54, 1.807) is 6.08 Å². The topological polar surface area (TPSA) is 29.5 Å². The number of unbranched alkanes of at least 4 members (excludes halogenated alkanes) is 1. The van der Waals surface area contributed by atoms with Crippen LogP contribution in [0.5, 0.6) is 0 Å². The first-order valence-electron chi connectivity index (χ1n) is 9.97. The minimum Gasteiger partial charge on any atom is -0.365 e. The molecule has 0 aromatic heterocycles. The summed E-state index contributed by atoms with van der Waals surface area (Å²) in [5.41, 5.74) is 5.51. The van der Waals surface area contributed by atoms with Gasteiger partial charge in [0.05, 0.1) is 6.61 Å². The van der Waals surface area contributed by atoms with Crippen LogP contribution < -0.4 is 0 Å². The Bertz CT molecular complexity index is 585. The summed E-state index contributed by atoms with van der Waals surface area (Å²) in [6.07, 6.45) is 17.4. The molecular weight excluding hydrogens is 320 g/mol. The summed E-state index contributed by atoms with van der Waals surface area (Å²) in [7, 11) is 0. The van der Waals surface area contributed by atoms with E-state index >= 15 is 0 Å². The van der Waals surface area contributed by atoms with Crippen molar-refractivity contribution >= 4 is 0 Å². The molecule has 1 rings (SSSR count). The normalized spacial score (nSPS) is 20.4. The molecule has 1 atom stereocenters. The third kappa shape index (κ3) is 8.33. The molecule has 0 aromatic rings. The molecule has 0 saturated carbocycles. The molecule has 0 radical (unpaired) electrons. The minimum absolute atomic E-state index is 0.280. The van der Waals surface area contributed by atoms with E-state index in [0.29, 0.717) is 6.61 Å². The second-order valence-electron chi connectivity index (χ2n) is 8.06. The Labute approximate surface area is 161 Å². The van der Waals surface area contributed by atoms with Crippen LogP contribution in [0.3, 0.4) is 0 Å². The number of rotatable bonds is 9. The van der Waals surface area contributed by atoms with E-state index in [1.807, 2.05) is 19.1 Å². The summed E-state index contributed by atoms with van der Waals surface area (Å²) in [5.74, 6) is 0. The third-order valence-electron chi connectivity index (χ3n) is 4.97. The largest absolute Gasteiger partial charge is 0.365 e. The van der Waals surface area contributed by atoms with Crippen molar-refractivity contribution in [3.05, 3.63) is 58.7 Å². The average molecular weight is 359 g/mol. The van der Waals surface area contributed by atoms with Gasteiger partial charge in [-0.1, -0.05) is 74.3 Å². The number of allylic oxidation sites excluding steroid dienone is 9. The predicted molar refractivity (Wildman–Crippen MR) is 113 cm³/mol. The second kappa shape index (κ2) is 11.4. The lowest BCUT2D eigenvalue weighted by molar-refractivity contribution is -0.0651. The number of aliphatic hydroxyl groups is 1. The van der Waals surface area contributed by atoms with Gasteiger partial charge in [-0.3, -0.25) is 0 Å². The first-order chi connectivity index (χ1) is 12.3. The highest BCUT2D eigenvalue weighted by atomic mass is 16.6. The van der Waals surface area contributed by atoms with Crippen molar-refractivity contribution < 1.29 is 9.84 Å². The molecular formula is C24H38O2. The maximum Gasteiger partial charge on any atom is 0.174 e. The Balaban J connectivity index is 2.63. The van der Waals surface area contributed by atoms with Gasteiger partial charge in [-0.05, 0) is 63.5 Å². The van der Waals surface area contributed by atoms with E-state index in [1.165, 1.54) is 36.0 Å². The lowest BCUT2D eigenvalue weighted by atomic mass is 9.72. The lowest BCUT2D eigenvalue weighted by Crippen LogP contribution is -2.19. The fourth-order valence-corrected chi connectivity index (χ4v) is 3.31. The van der Waals surface area contributed by atoms with Crippen LogP contribution in [0.25, 0.3) is 0 Å². The van der Waals surface area contributed by atoms with Gasteiger partial charge in [-0.15, -0.1) is 0 Å². The monoisotopic (exact) mass is 358 g/mol. The molecule has 0 aliphatic heterocycles. The quantitative estimate of drug-likeness (QED) is 0.284. The molecule has 26 heavy (non-hydrogen) atoms. The molecule has 0 aromatic carbocycles. The average Bonchev–Trinajstić information content (AvgIpc) is 2.54. The number of aliphatic hydroxyl groups excluding tert-OH is 1. The summed E-state index contributed by atoms with van der Waals surface area (Å²) in [4.78, 5) is 0. The summed E-state index contributed by atoms with van der Waals surface area (Å²) in [6, 6.07) is 0. The molecule has 0 spiro atoms. The van der Waals surface area contributed by atoms with Gasteiger partial charge in [0.25, 0.3) is 0 Å². The molecule has 2 nitrogen and oxygen atoms in total. The van der Waals surface area contributed by atoms with Crippen LogP contribution in [-0.4, -0.2) is 18.0 Å². The van der Waals surface area contributed by atoms with E-state index in [0.717, 1.165) is 18.4 Å². The molecule has 0 fully saturated rings. The van der Waals surface area contributed by atoms with E-state index in [4.69, 9.17) is 4.74 Å². The van der Waals surface area contributed by atoms with Gasteiger partial charge < -0.3 is 9.84 Å². The smallest absolute Gasteiger partial charge is 0.174 e. The van der Waals surface area contributed by atoms with Crippen molar-refractivity contribution in [1.29, 1.82) is 0 Å². The Morgan fingerprint density at radius 3 is 2.62 bits per heavy atom. The van der Waals surface area contributed by atoms with E-state index < -0.39 is 6.29 Å². The fourth-order valence-electron chi connectivity index (χ4n) is 3.31. The van der Waals surface area contributed by atoms with Crippen molar-refractivity contribution in [2.45, 2.75) is 79.9 Å². The first kappa shape index (κ1) is 22.7. The predicted octanol–water partition coefficient (Wildman–Crippen LogP) is 6.65. The van der Waals surface area contributed by atoms with Crippen molar-refractivity contribution in [2.75, 3.05) is 6.61 Å². The summed E-state index contributed by atoms with van der Waals surface area (Å²) in [5, 5.41) is 9.79. The van der Waals surface area contributed by atoms with Gasteiger partial charge in [0.2, 0.25) is 0 Å². The molecule has 0 saturated heterocycles. The van der Waals surface area contributed by atoms with E-state index in [2.05, 4.69) is 52.8 Å². The summed E-state index contributed by atoms with van der Waals surface area (Å²) in [6.45, 7) is 13.7. The number of hydrogen-bond donors (Lipinski definition) is 1. The minimum atomic E-state index is -0.820. The number of ether oxygens (including phenoxy) is 1.